The number of fused-ring (bicyclic) bond motifs is 2. The summed E-state index contributed by atoms with van der Waals surface area (Å²) >= 11 is 0. The molecule has 0 radical (unpaired) electrons. The number of hydrogen-bond acceptors (Lipinski definition) is 4. The molecule has 0 bridgehead atoms. The molecule has 6 rings (SSSR count). The maximum atomic E-state index is 13.5. The van der Waals surface area contributed by atoms with E-state index in [1.54, 1.807) is 18.2 Å². The van der Waals surface area contributed by atoms with Crippen molar-refractivity contribution in [2.75, 3.05) is 7.11 Å². The number of methoxy groups -OCH3 is 1. The number of aryl methyl sites for hydroxylation is 1. The fourth-order valence-corrected chi connectivity index (χ4v) is 6.60. The van der Waals surface area contributed by atoms with Crippen LogP contribution in [0.2, 0.25) is 0 Å². The van der Waals surface area contributed by atoms with Crippen LogP contribution in [0.5, 0.6) is 0 Å². The van der Waals surface area contributed by atoms with E-state index in [9.17, 15) is 14.3 Å². The van der Waals surface area contributed by atoms with Crippen LogP contribution in [0.4, 0.5) is 4.39 Å². The number of hydrogen-bond donors (Lipinski definition) is 1. The van der Waals surface area contributed by atoms with Gasteiger partial charge in [0, 0.05) is 5.41 Å². The lowest BCUT2D eigenvalue weighted by atomic mass is 9.61. The second kappa shape index (κ2) is 8.16. The van der Waals surface area contributed by atoms with Gasteiger partial charge in [0.2, 0.25) is 0 Å². The first-order chi connectivity index (χ1) is 16.9. The van der Waals surface area contributed by atoms with Gasteiger partial charge >= 0.3 is 5.97 Å². The van der Waals surface area contributed by atoms with Crippen molar-refractivity contribution in [2.45, 2.75) is 50.5 Å². The summed E-state index contributed by atoms with van der Waals surface area (Å²) in [6.45, 7) is 0. The second-order valence-electron chi connectivity index (χ2n) is 10.2. The van der Waals surface area contributed by atoms with Gasteiger partial charge in [-0.1, -0.05) is 23.8 Å². The lowest BCUT2D eigenvalue weighted by Crippen LogP contribution is -2.49. The van der Waals surface area contributed by atoms with Crippen LogP contribution in [0.25, 0.3) is 11.8 Å². The standard InChI is InChI=1S/C29H29FN2O3/c1-35-27(33)25-5-3-2-4-19(25)12-14-28(34)15-13-22-16-26-20(17-29(22,28)21-6-7-21)18-31-32(26)24-10-8-23(30)9-11-24/h2-5,8-11,16,18,21,34H,6-7,12-15,17H2,1H3. The molecule has 2 fully saturated rings. The molecule has 1 heterocycles. The van der Waals surface area contributed by atoms with Crippen LogP contribution in [-0.2, 0) is 17.6 Å². The third-order valence-electron chi connectivity index (χ3n) is 8.45. The number of ether oxygens (including phenoxy) is 1. The van der Waals surface area contributed by atoms with Crippen molar-refractivity contribution in [3.05, 3.63) is 88.5 Å². The van der Waals surface area contributed by atoms with E-state index < -0.39 is 5.60 Å². The summed E-state index contributed by atoms with van der Waals surface area (Å²) in [7, 11) is 1.40. The van der Waals surface area contributed by atoms with Crippen LogP contribution in [0, 0.1) is 17.2 Å². The highest BCUT2D eigenvalue weighted by molar-refractivity contribution is 5.91. The number of aliphatic hydroxyl groups is 1. The van der Waals surface area contributed by atoms with Gasteiger partial charge in [0.15, 0.2) is 0 Å². The Hall–Kier alpha value is -3.25. The smallest absolute Gasteiger partial charge is 0.338 e. The first-order valence-electron chi connectivity index (χ1n) is 12.4. The number of carbonyl (C=O) groups excluding carboxylic acids is 1. The van der Waals surface area contributed by atoms with Crippen molar-refractivity contribution < 1.29 is 19.0 Å². The van der Waals surface area contributed by atoms with E-state index in [1.807, 2.05) is 29.1 Å². The van der Waals surface area contributed by atoms with Gasteiger partial charge in [-0.25, -0.2) is 13.9 Å². The molecule has 6 heteroatoms. The lowest BCUT2D eigenvalue weighted by Gasteiger charge is -2.46. The van der Waals surface area contributed by atoms with E-state index in [2.05, 4.69) is 11.2 Å². The zero-order valence-corrected chi connectivity index (χ0v) is 19.8. The zero-order chi connectivity index (χ0) is 24.2. The number of rotatable bonds is 6. The predicted molar refractivity (Wildman–Crippen MR) is 131 cm³/mol. The highest BCUT2D eigenvalue weighted by Crippen LogP contribution is 2.66. The summed E-state index contributed by atoms with van der Waals surface area (Å²) < 4.78 is 20.3. The van der Waals surface area contributed by atoms with Gasteiger partial charge in [0.1, 0.15) is 5.82 Å². The Morgan fingerprint density at radius 3 is 2.71 bits per heavy atom. The maximum Gasteiger partial charge on any atom is 0.338 e. The van der Waals surface area contributed by atoms with E-state index >= 15 is 0 Å². The fourth-order valence-electron chi connectivity index (χ4n) is 6.60. The van der Waals surface area contributed by atoms with E-state index in [4.69, 9.17) is 4.74 Å². The highest BCUT2D eigenvalue weighted by atomic mass is 19.1. The van der Waals surface area contributed by atoms with Crippen molar-refractivity contribution in [2.24, 2.45) is 11.3 Å². The van der Waals surface area contributed by atoms with Crippen molar-refractivity contribution in [3.63, 3.8) is 0 Å². The number of carbonyl (C=O) groups is 1. The van der Waals surface area contributed by atoms with Crippen molar-refractivity contribution in [3.8, 4) is 5.69 Å². The van der Waals surface area contributed by atoms with Gasteiger partial charge in [-0.2, -0.15) is 5.10 Å². The Bertz CT molecular complexity index is 1320. The van der Waals surface area contributed by atoms with Crippen molar-refractivity contribution in [1.82, 2.24) is 9.78 Å². The second-order valence-corrected chi connectivity index (χ2v) is 10.2. The zero-order valence-electron chi connectivity index (χ0n) is 19.8. The van der Waals surface area contributed by atoms with E-state index in [-0.39, 0.29) is 17.2 Å². The van der Waals surface area contributed by atoms with Crippen molar-refractivity contribution >= 4 is 12.0 Å². The Kier molecular flexibility index (Phi) is 5.18. The molecule has 180 valence electrons. The summed E-state index contributed by atoms with van der Waals surface area (Å²) in [4.78, 5) is 12.3. The summed E-state index contributed by atoms with van der Waals surface area (Å²) in [6.07, 6.45) is 9.91. The van der Waals surface area contributed by atoms with Gasteiger partial charge in [0.05, 0.1) is 35.9 Å². The van der Waals surface area contributed by atoms with Gasteiger partial charge in [-0.3, -0.25) is 0 Å². The van der Waals surface area contributed by atoms with Crippen LogP contribution in [-0.4, -0.2) is 33.6 Å². The van der Waals surface area contributed by atoms with Gasteiger partial charge < -0.3 is 9.84 Å². The lowest BCUT2D eigenvalue weighted by molar-refractivity contribution is -0.0661. The third kappa shape index (κ3) is 3.46. The predicted octanol–water partition coefficient (Wildman–Crippen LogP) is 5.29. The number of halogens is 1. The molecule has 2 aromatic carbocycles. The van der Waals surface area contributed by atoms with E-state index in [0.717, 1.165) is 48.2 Å². The molecule has 3 aliphatic rings. The normalized spacial score (nSPS) is 25.1. The minimum absolute atomic E-state index is 0.268. The summed E-state index contributed by atoms with van der Waals surface area (Å²) in [6, 6.07) is 13.9. The average Bonchev–Trinajstić information content (AvgIpc) is 3.60. The fraction of sp³-hybridized carbons (Fsp3) is 0.379. The topological polar surface area (TPSA) is 64.3 Å². The number of esters is 1. The minimum atomic E-state index is -0.848. The molecule has 35 heavy (non-hydrogen) atoms. The van der Waals surface area contributed by atoms with Crippen LogP contribution in [0.15, 0.2) is 60.3 Å². The molecule has 5 nitrogen and oxygen atoms in total. The Balaban J connectivity index is 1.34. The molecule has 0 spiro atoms. The molecule has 2 unspecified atom stereocenters. The van der Waals surface area contributed by atoms with Crippen molar-refractivity contribution in [1.29, 1.82) is 0 Å². The Labute approximate surface area is 204 Å². The molecule has 0 saturated heterocycles. The molecular formula is C29H29FN2O3. The van der Waals surface area contributed by atoms with Crippen LogP contribution < -0.4 is 0 Å². The summed E-state index contributed by atoms with van der Waals surface area (Å²) in [5, 5.41) is 16.9. The van der Waals surface area contributed by atoms with E-state index in [1.165, 1.54) is 24.8 Å². The molecular weight excluding hydrogens is 443 g/mol. The number of nitrogens with zero attached hydrogens (tertiary/aromatic N) is 2. The van der Waals surface area contributed by atoms with Crippen LogP contribution >= 0.6 is 0 Å². The SMILES string of the molecule is COC(=O)c1ccccc1CCC1(O)CCC2=Cc3c(cnn3-c3ccc(F)cc3)CC21C1CC1. The minimum Gasteiger partial charge on any atom is -0.465 e. The molecule has 0 aliphatic heterocycles. The monoisotopic (exact) mass is 472 g/mol. The van der Waals surface area contributed by atoms with Crippen LogP contribution in [0.3, 0.4) is 0 Å². The third-order valence-corrected chi connectivity index (χ3v) is 8.45. The molecule has 2 atom stereocenters. The molecule has 2 saturated carbocycles. The van der Waals surface area contributed by atoms with Gasteiger partial charge in [0.25, 0.3) is 0 Å². The van der Waals surface area contributed by atoms with Crippen LogP contribution in [0.1, 0.15) is 59.3 Å². The molecule has 1 aromatic heterocycles. The summed E-state index contributed by atoms with van der Waals surface area (Å²) in [5.41, 5.74) is 4.63. The highest BCUT2D eigenvalue weighted by Gasteiger charge is 2.63. The maximum absolute atomic E-state index is 13.5. The number of benzene rings is 2. The van der Waals surface area contributed by atoms with E-state index in [0.29, 0.717) is 30.7 Å². The number of aromatic nitrogens is 2. The molecule has 0 amide bonds. The molecule has 3 aliphatic carbocycles. The quantitative estimate of drug-likeness (QED) is 0.495. The first-order valence-corrected chi connectivity index (χ1v) is 12.4. The molecule has 1 N–H and O–H groups in total. The van der Waals surface area contributed by atoms with Gasteiger partial charge in [-0.05, 0) is 98.4 Å². The Morgan fingerprint density at radius 2 is 1.97 bits per heavy atom. The average molecular weight is 473 g/mol. The largest absolute Gasteiger partial charge is 0.465 e. The first kappa shape index (κ1) is 22.2. The Morgan fingerprint density at radius 1 is 1.20 bits per heavy atom. The molecule has 3 aromatic rings. The van der Waals surface area contributed by atoms with Gasteiger partial charge in [-0.15, -0.1) is 0 Å². The summed E-state index contributed by atoms with van der Waals surface area (Å²) in [5.74, 6) is -0.151.